The summed E-state index contributed by atoms with van der Waals surface area (Å²) in [6.45, 7) is 1.77. The lowest BCUT2D eigenvalue weighted by molar-refractivity contribution is -0.155. The van der Waals surface area contributed by atoms with Gasteiger partial charge in [0.15, 0.2) is 16.1 Å². The van der Waals surface area contributed by atoms with Crippen molar-refractivity contribution in [3.05, 3.63) is 30.3 Å². The van der Waals surface area contributed by atoms with Gasteiger partial charge < -0.3 is 9.84 Å². The lowest BCUT2D eigenvalue weighted by Gasteiger charge is -2.30. The first-order chi connectivity index (χ1) is 8.00. The second kappa shape index (κ2) is 4.76. The van der Waals surface area contributed by atoms with Crippen molar-refractivity contribution in [1.82, 2.24) is 0 Å². The molecule has 1 saturated heterocycles. The minimum Gasteiger partial charge on any atom is -0.368 e. The van der Waals surface area contributed by atoms with Crippen LogP contribution in [0.3, 0.4) is 0 Å². The van der Waals surface area contributed by atoms with E-state index in [1.165, 1.54) is 0 Å². The maximum Gasteiger partial charge on any atom is 0.181 e. The maximum absolute atomic E-state index is 12.3. The van der Waals surface area contributed by atoms with E-state index in [0.29, 0.717) is 11.3 Å². The molecule has 0 spiro atoms. The molecule has 0 amide bonds. The molecule has 0 aromatic heterocycles. The predicted octanol–water partition coefficient (Wildman–Crippen LogP) is 1.35. The standard InChI is InChI=1S/C12H16O4S/c1-9-7-11(8-12(13)16-9)17(14,15)10-5-3-2-4-6-10/h2-6,9,11-13H,7-8H2,1H3/t9-,11?,12?/m0/s1. The molecule has 1 heterocycles. The molecule has 0 saturated carbocycles. The fourth-order valence-electron chi connectivity index (χ4n) is 2.13. The second-order valence-corrected chi connectivity index (χ2v) is 6.58. The number of hydrogen-bond acceptors (Lipinski definition) is 4. The van der Waals surface area contributed by atoms with Crippen LogP contribution in [0.2, 0.25) is 0 Å². The van der Waals surface area contributed by atoms with E-state index in [4.69, 9.17) is 4.74 Å². The third kappa shape index (κ3) is 2.68. The molecule has 2 rings (SSSR count). The van der Waals surface area contributed by atoms with Crippen LogP contribution in [0, 0.1) is 0 Å². The average molecular weight is 256 g/mol. The highest BCUT2D eigenvalue weighted by molar-refractivity contribution is 7.92. The SMILES string of the molecule is C[C@H]1CC(S(=O)(=O)c2ccccc2)CC(O)O1. The maximum atomic E-state index is 12.3. The van der Waals surface area contributed by atoms with Crippen LogP contribution >= 0.6 is 0 Å². The monoisotopic (exact) mass is 256 g/mol. The summed E-state index contributed by atoms with van der Waals surface area (Å²) in [7, 11) is -3.37. The largest absolute Gasteiger partial charge is 0.368 e. The molecule has 4 nitrogen and oxygen atoms in total. The molecule has 94 valence electrons. The van der Waals surface area contributed by atoms with Crippen molar-refractivity contribution in [2.75, 3.05) is 0 Å². The van der Waals surface area contributed by atoms with Gasteiger partial charge in [0.05, 0.1) is 16.2 Å². The number of benzene rings is 1. The minimum absolute atomic E-state index is 0.140. The van der Waals surface area contributed by atoms with Gasteiger partial charge in [0, 0.05) is 6.42 Å². The topological polar surface area (TPSA) is 63.6 Å². The minimum atomic E-state index is -3.37. The zero-order valence-corrected chi connectivity index (χ0v) is 10.4. The molecule has 0 bridgehead atoms. The van der Waals surface area contributed by atoms with Crippen molar-refractivity contribution in [1.29, 1.82) is 0 Å². The van der Waals surface area contributed by atoms with E-state index < -0.39 is 21.4 Å². The molecule has 1 aliphatic heterocycles. The highest BCUT2D eigenvalue weighted by atomic mass is 32.2. The number of sulfone groups is 1. The lowest BCUT2D eigenvalue weighted by Crippen LogP contribution is -2.38. The van der Waals surface area contributed by atoms with Gasteiger partial charge in [0.2, 0.25) is 0 Å². The van der Waals surface area contributed by atoms with Crippen LogP contribution in [-0.2, 0) is 14.6 Å². The van der Waals surface area contributed by atoms with Gasteiger partial charge in [-0.1, -0.05) is 18.2 Å². The molecule has 1 fully saturated rings. The van der Waals surface area contributed by atoms with E-state index >= 15 is 0 Å². The van der Waals surface area contributed by atoms with Crippen molar-refractivity contribution in [2.45, 2.75) is 42.3 Å². The fraction of sp³-hybridized carbons (Fsp3) is 0.500. The van der Waals surface area contributed by atoms with Gasteiger partial charge >= 0.3 is 0 Å². The number of hydrogen-bond donors (Lipinski definition) is 1. The molecule has 2 unspecified atom stereocenters. The van der Waals surface area contributed by atoms with Crippen LogP contribution in [0.4, 0.5) is 0 Å². The summed E-state index contributed by atoms with van der Waals surface area (Å²) in [6, 6.07) is 8.35. The van der Waals surface area contributed by atoms with Gasteiger partial charge in [-0.2, -0.15) is 0 Å². The molecule has 0 radical (unpaired) electrons. The van der Waals surface area contributed by atoms with Gasteiger partial charge in [-0.05, 0) is 25.5 Å². The molecular weight excluding hydrogens is 240 g/mol. The first-order valence-electron chi connectivity index (χ1n) is 5.62. The summed E-state index contributed by atoms with van der Waals surface area (Å²) >= 11 is 0. The van der Waals surface area contributed by atoms with E-state index in [-0.39, 0.29) is 12.5 Å². The molecule has 1 aliphatic rings. The Morgan fingerprint density at radius 3 is 2.47 bits per heavy atom. The summed E-state index contributed by atoms with van der Waals surface area (Å²) < 4.78 is 29.8. The second-order valence-electron chi connectivity index (χ2n) is 4.35. The molecule has 3 atom stereocenters. The first-order valence-corrected chi connectivity index (χ1v) is 7.17. The third-order valence-corrected chi connectivity index (χ3v) is 5.15. The zero-order valence-electron chi connectivity index (χ0n) is 9.61. The van der Waals surface area contributed by atoms with Gasteiger partial charge in [-0.25, -0.2) is 8.42 Å². The summed E-state index contributed by atoms with van der Waals surface area (Å²) in [6.07, 6.45) is -0.653. The van der Waals surface area contributed by atoms with Crippen LogP contribution in [-0.4, -0.2) is 31.2 Å². The van der Waals surface area contributed by atoms with Gasteiger partial charge in [0.1, 0.15) is 0 Å². The summed E-state index contributed by atoms with van der Waals surface area (Å²) in [5, 5.41) is 8.91. The van der Waals surface area contributed by atoms with E-state index in [2.05, 4.69) is 0 Å². The Morgan fingerprint density at radius 2 is 1.88 bits per heavy atom. The van der Waals surface area contributed by atoms with Crippen LogP contribution in [0.5, 0.6) is 0 Å². The number of aliphatic hydroxyl groups is 1. The summed E-state index contributed by atoms with van der Waals surface area (Å²) in [5.41, 5.74) is 0. The van der Waals surface area contributed by atoms with E-state index in [1.54, 1.807) is 37.3 Å². The number of rotatable bonds is 2. The van der Waals surface area contributed by atoms with Crippen LogP contribution < -0.4 is 0 Å². The van der Waals surface area contributed by atoms with Gasteiger partial charge in [0.25, 0.3) is 0 Å². The molecule has 1 aromatic rings. The highest BCUT2D eigenvalue weighted by Gasteiger charge is 2.35. The van der Waals surface area contributed by atoms with Crippen LogP contribution in [0.25, 0.3) is 0 Å². The quantitative estimate of drug-likeness (QED) is 0.867. The normalized spacial score (nSPS) is 30.1. The van der Waals surface area contributed by atoms with Crippen molar-refractivity contribution < 1.29 is 18.3 Å². The lowest BCUT2D eigenvalue weighted by atomic mass is 10.1. The smallest absolute Gasteiger partial charge is 0.181 e. The van der Waals surface area contributed by atoms with Crippen molar-refractivity contribution in [3.8, 4) is 0 Å². The Morgan fingerprint density at radius 1 is 1.24 bits per heavy atom. The Hall–Kier alpha value is -0.910. The predicted molar refractivity (Wildman–Crippen MR) is 63.2 cm³/mol. The van der Waals surface area contributed by atoms with E-state index in [9.17, 15) is 13.5 Å². The zero-order chi connectivity index (χ0) is 12.5. The van der Waals surface area contributed by atoms with Gasteiger partial charge in [-0.3, -0.25) is 0 Å². The molecule has 1 aromatic carbocycles. The molecule has 17 heavy (non-hydrogen) atoms. The fourth-order valence-corrected chi connectivity index (χ4v) is 3.99. The summed E-state index contributed by atoms with van der Waals surface area (Å²) in [4.78, 5) is 0.311. The Bertz CT molecular complexity index is 459. The third-order valence-electron chi connectivity index (χ3n) is 2.96. The Kier molecular flexibility index (Phi) is 3.51. The van der Waals surface area contributed by atoms with Crippen molar-refractivity contribution >= 4 is 9.84 Å². The molecular formula is C12H16O4S. The van der Waals surface area contributed by atoms with Gasteiger partial charge in [-0.15, -0.1) is 0 Å². The van der Waals surface area contributed by atoms with Crippen LogP contribution in [0.15, 0.2) is 35.2 Å². The molecule has 0 aliphatic carbocycles. The van der Waals surface area contributed by atoms with Crippen LogP contribution in [0.1, 0.15) is 19.8 Å². The van der Waals surface area contributed by atoms with Crippen molar-refractivity contribution in [2.24, 2.45) is 0 Å². The average Bonchev–Trinajstić information content (AvgIpc) is 2.29. The number of aliphatic hydroxyl groups excluding tert-OH is 1. The van der Waals surface area contributed by atoms with E-state index in [0.717, 1.165) is 0 Å². The first kappa shape index (κ1) is 12.5. The summed E-state index contributed by atoms with van der Waals surface area (Å²) in [5.74, 6) is 0. The Balaban J connectivity index is 2.27. The highest BCUT2D eigenvalue weighted by Crippen LogP contribution is 2.28. The Labute approximate surface area is 101 Å². The molecule has 5 heteroatoms. The van der Waals surface area contributed by atoms with E-state index in [1.807, 2.05) is 0 Å². The number of ether oxygens (including phenoxy) is 1. The molecule has 1 N–H and O–H groups in total. The van der Waals surface area contributed by atoms with Crippen molar-refractivity contribution in [3.63, 3.8) is 0 Å².